The number of aryl methyl sites for hydroxylation is 1. The number of aromatic nitrogens is 2. The van der Waals surface area contributed by atoms with Crippen LogP contribution in [0.15, 0.2) is 60.9 Å². The Balaban J connectivity index is 1.84. The molecule has 2 aromatic heterocycles. The summed E-state index contributed by atoms with van der Waals surface area (Å²) in [6, 6.07) is 16.2. The van der Waals surface area contributed by atoms with Gasteiger partial charge in [-0.15, -0.1) is 0 Å². The highest BCUT2D eigenvalue weighted by Gasteiger charge is 2.09. The second-order valence-corrected chi connectivity index (χ2v) is 6.38. The minimum absolute atomic E-state index is 0.826. The van der Waals surface area contributed by atoms with Crippen LogP contribution in [0.1, 0.15) is 11.1 Å². The first-order valence-electron chi connectivity index (χ1n) is 8.77. The average molecular weight is 357 g/mol. The van der Waals surface area contributed by atoms with Crippen LogP contribution in [0.5, 0.6) is 11.5 Å². The molecule has 0 saturated heterocycles. The van der Waals surface area contributed by atoms with Gasteiger partial charge in [0.05, 0.1) is 25.1 Å². The van der Waals surface area contributed by atoms with Gasteiger partial charge < -0.3 is 9.47 Å². The number of methoxy groups -OCH3 is 2. The predicted molar refractivity (Wildman–Crippen MR) is 109 cm³/mol. The number of hydrogen-bond donors (Lipinski definition) is 0. The third-order valence-corrected chi connectivity index (χ3v) is 4.80. The second-order valence-electron chi connectivity index (χ2n) is 6.38. The van der Waals surface area contributed by atoms with Gasteiger partial charge in [0.15, 0.2) is 6.20 Å². The summed E-state index contributed by atoms with van der Waals surface area (Å²) in [6.45, 7) is 0. The molecule has 27 heavy (non-hydrogen) atoms. The Hall–Kier alpha value is -3.40. The highest BCUT2D eigenvalue weighted by molar-refractivity contribution is 5.94. The van der Waals surface area contributed by atoms with Gasteiger partial charge in [0.1, 0.15) is 18.5 Å². The number of rotatable bonds is 4. The van der Waals surface area contributed by atoms with Crippen LogP contribution in [-0.2, 0) is 7.05 Å². The van der Waals surface area contributed by atoms with E-state index in [1.807, 2.05) is 43.6 Å². The van der Waals surface area contributed by atoms with Crippen LogP contribution < -0.4 is 14.0 Å². The molecule has 4 nitrogen and oxygen atoms in total. The Morgan fingerprint density at radius 3 is 2.22 bits per heavy atom. The summed E-state index contributed by atoms with van der Waals surface area (Å²) in [5.41, 5.74) is 4.33. The molecule has 0 radical (unpaired) electrons. The Kier molecular flexibility index (Phi) is 4.47. The maximum Gasteiger partial charge on any atom is 0.213 e. The number of hydrogen-bond acceptors (Lipinski definition) is 3. The van der Waals surface area contributed by atoms with Crippen LogP contribution in [-0.4, -0.2) is 19.2 Å². The molecule has 0 atom stereocenters. The van der Waals surface area contributed by atoms with E-state index in [9.17, 15) is 0 Å². The van der Waals surface area contributed by atoms with Crippen LogP contribution in [0.3, 0.4) is 0 Å². The van der Waals surface area contributed by atoms with Crippen molar-refractivity contribution in [2.45, 2.75) is 0 Å². The molecule has 0 spiro atoms. The number of pyridine rings is 2. The van der Waals surface area contributed by atoms with Gasteiger partial charge in [-0.3, -0.25) is 4.98 Å². The highest BCUT2D eigenvalue weighted by atomic mass is 16.5. The van der Waals surface area contributed by atoms with E-state index in [1.54, 1.807) is 14.2 Å². The zero-order valence-electron chi connectivity index (χ0n) is 15.6. The Labute approximate surface area is 158 Å². The van der Waals surface area contributed by atoms with Crippen LogP contribution in [0.25, 0.3) is 34.0 Å². The standard InChI is InChI=1S/C23H21N2O2/c1-25-13-11-17(21-15-19(27-3)7-9-23(21)25)5-4-16-10-12-24-22-8-6-18(26-2)14-20(16)22/h4-15H,1-3H3/q+1/b5-4+. The first-order valence-corrected chi connectivity index (χ1v) is 8.77. The quantitative estimate of drug-likeness (QED) is 0.508. The molecular formula is C23H21N2O2+. The summed E-state index contributed by atoms with van der Waals surface area (Å²) in [7, 11) is 5.41. The maximum absolute atomic E-state index is 5.41. The third-order valence-electron chi connectivity index (χ3n) is 4.80. The molecule has 4 rings (SSSR count). The van der Waals surface area contributed by atoms with E-state index in [0.29, 0.717) is 0 Å². The van der Waals surface area contributed by atoms with Crippen molar-refractivity contribution in [2.24, 2.45) is 7.05 Å². The Morgan fingerprint density at radius 2 is 1.48 bits per heavy atom. The molecule has 0 aliphatic heterocycles. The molecule has 0 unspecified atom stereocenters. The fraction of sp³-hybridized carbons (Fsp3) is 0.130. The van der Waals surface area contributed by atoms with Gasteiger partial charge in [-0.2, -0.15) is 0 Å². The summed E-state index contributed by atoms with van der Waals surface area (Å²) in [4.78, 5) is 4.45. The predicted octanol–water partition coefficient (Wildman–Crippen LogP) is 4.40. The highest BCUT2D eigenvalue weighted by Crippen LogP contribution is 2.26. The second kappa shape index (κ2) is 7.08. The van der Waals surface area contributed by atoms with Crippen LogP contribution in [0.2, 0.25) is 0 Å². The van der Waals surface area contributed by atoms with E-state index in [4.69, 9.17) is 9.47 Å². The van der Waals surface area contributed by atoms with Crippen molar-refractivity contribution in [1.29, 1.82) is 0 Å². The molecule has 0 aliphatic rings. The summed E-state index contributed by atoms with van der Waals surface area (Å²) in [5.74, 6) is 1.68. The fourth-order valence-electron chi connectivity index (χ4n) is 3.29. The number of nitrogens with zero attached hydrogens (tertiary/aromatic N) is 2. The lowest BCUT2D eigenvalue weighted by Gasteiger charge is -2.06. The first kappa shape index (κ1) is 17.0. The van der Waals surface area contributed by atoms with Gasteiger partial charge in [-0.1, -0.05) is 12.2 Å². The Morgan fingerprint density at radius 1 is 0.815 bits per heavy atom. The molecule has 4 heteroatoms. The zero-order chi connectivity index (χ0) is 18.8. The number of ether oxygens (including phenoxy) is 2. The number of benzene rings is 2. The van der Waals surface area contributed by atoms with Gasteiger partial charge in [0.2, 0.25) is 5.52 Å². The Bertz CT molecular complexity index is 1170. The van der Waals surface area contributed by atoms with Crippen LogP contribution in [0, 0.1) is 0 Å². The van der Waals surface area contributed by atoms with E-state index in [0.717, 1.165) is 44.4 Å². The summed E-state index contributed by atoms with van der Waals surface area (Å²) >= 11 is 0. The molecule has 0 saturated carbocycles. The zero-order valence-corrected chi connectivity index (χ0v) is 15.6. The molecule has 134 valence electrons. The summed E-state index contributed by atoms with van der Waals surface area (Å²) in [5, 5.41) is 2.21. The minimum Gasteiger partial charge on any atom is -0.497 e. The minimum atomic E-state index is 0.826. The van der Waals surface area contributed by atoms with Gasteiger partial charge in [0, 0.05) is 23.7 Å². The van der Waals surface area contributed by atoms with Crippen molar-refractivity contribution in [1.82, 2.24) is 4.98 Å². The third kappa shape index (κ3) is 3.22. The smallest absolute Gasteiger partial charge is 0.213 e. The van der Waals surface area contributed by atoms with E-state index in [1.165, 1.54) is 0 Å². The lowest BCUT2D eigenvalue weighted by atomic mass is 10.0. The lowest BCUT2D eigenvalue weighted by molar-refractivity contribution is -0.644. The molecule has 2 heterocycles. The fourth-order valence-corrected chi connectivity index (χ4v) is 3.29. The van der Waals surface area contributed by atoms with Gasteiger partial charge >= 0.3 is 0 Å². The average Bonchev–Trinajstić information content (AvgIpc) is 2.72. The topological polar surface area (TPSA) is 35.2 Å². The lowest BCUT2D eigenvalue weighted by Crippen LogP contribution is -2.28. The molecule has 2 aromatic carbocycles. The van der Waals surface area contributed by atoms with Crippen LogP contribution in [0.4, 0.5) is 0 Å². The monoisotopic (exact) mass is 357 g/mol. The molecule has 0 bridgehead atoms. The molecule has 0 fully saturated rings. The van der Waals surface area contributed by atoms with Crippen molar-refractivity contribution in [2.75, 3.05) is 14.2 Å². The van der Waals surface area contributed by atoms with Crippen molar-refractivity contribution in [3.63, 3.8) is 0 Å². The van der Waals surface area contributed by atoms with Crippen molar-refractivity contribution in [3.8, 4) is 11.5 Å². The van der Waals surface area contributed by atoms with E-state index in [2.05, 4.69) is 46.1 Å². The molecular weight excluding hydrogens is 336 g/mol. The summed E-state index contributed by atoms with van der Waals surface area (Å²) < 4.78 is 12.9. The maximum atomic E-state index is 5.41. The van der Waals surface area contributed by atoms with Crippen molar-refractivity contribution in [3.05, 3.63) is 72.1 Å². The van der Waals surface area contributed by atoms with Crippen molar-refractivity contribution < 1.29 is 14.0 Å². The van der Waals surface area contributed by atoms with E-state index < -0.39 is 0 Å². The van der Waals surface area contributed by atoms with E-state index >= 15 is 0 Å². The van der Waals surface area contributed by atoms with E-state index in [-0.39, 0.29) is 0 Å². The first-order chi connectivity index (χ1) is 13.2. The molecule has 0 amide bonds. The normalized spacial score (nSPS) is 11.4. The largest absolute Gasteiger partial charge is 0.497 e. The van der Waals surface area contributed by atoms with Crippen molar-refractivity contribution >= 4 is 34.0 Å². The van der Waals surface area contributed by atoms with Gasteiger partial charge in [-0.05, 0) is 47.5 Å². The summed E-state index contributed by atoms with van der Waals surface area (Å²) in [6.07, 6.45) is 8.16. The SMILES string of the molecule is COc1ccc2nccc(/C=C/c3cc[n+](C)c4ccc(OC)cc34)c2c1. The van der Waals surface area contributed by atoms with Gasteiger partial charge in [-0.25, -0.2) is 4.57 Å². The number of fused-ring (bicyclic) bond motifs is 2. The molecule has 0 N–H and O–H groups in total. The van der Waals surface area contributed by atoms with Gasteiger partial charge in [0.25, 0.3) is 0 Å². The van der Waals surface area contributed by atoms with Crippen LogP contribution >= 0.6 is 0 Å². The molecule has 4 aromatic rings. The molecule has 0 aliphatic carbocycles.